The summed E-state index contributed by atoms with van der Waals surface area (Å²) in [6.45, 7) is 8.71. The molecule has 0 aromatic rings. The van der Waals surface area contributed by atoms with E-state index in [2.05, 4.69) is 6.58 Å². The van der Waals surface area contributed by atoms with Crippen LogP contribution in [0.4, 0.5) is 4.39 Å². The minimum absolute atomic E-state index is 0.361. The van der Waals surface area contributed by atoms with E-state index in [9.17, 15) is 4.39 Å². The van der Waals surface area contributed by atoms with Gasteiger partial charge < -0.3 is 0 Å². The van der Waals surface area contributed by atoms with Gasteiger partial charge in [-0.15, -0.1) is 6.58 Å². The van der Waals surface area contributed by atoms with Crippen molar-refractivity contribution in [2.45, 2.75) is 26.9 Å². The predicted octanol–water partition coefficient (Wildman–Crippen LogP) is 2.56. The molecule has 0 aliphatic heterocycles. The van der Waals surface area contributed by atoms with E-state index in [0.29, 0.717) is 0 Å². The van der Waals surface area contributed by atoms with Crippen molar-refractivity contribution in [1.29, 1.82) is 0 Å². The van der Waals surface area contributed by atoms with Crippen LogP contribution in [0.2, 0.25) is 0 Å². The van der Waals surface area contributed by atoms with Crippen molar-refractivity contribution in [2.75, 3.05) is 0 Å². The minimum Gasteiger partial charge on any atom is -0.247 e. The Balaban J connectivity index is 3.90. The van der Waals surface area contributed by atoms with Gasteiger partial charge in [0, 0.05) is 5.41 Å². The molecule has 0 aromatic heterocycles. The SMILES string of the molecule is C=CC(C)(C)C(C)F. The zero-order valence-corrected chi connectivity index (χ0v) is 5.74. The second-order valence-electron chi connectivity index (χ2n) is 2.64. The van der Waals surface area contributed by atoms with Crippen LogP contribution in [0.3, 0.4) is 0 Å². The molecule has 0 nitrogen and oxygen atoms in total. The lowest BCUT2D eigenvalue weighted by molar-refractivity contribution is 0.212. The highest BCUT2D eigenvalue weighted by Crippen LogP contribution is 2.23. The Hall–Kier alpha value is -0.330. The zero-order valence-electron chi connectivity index (χ0n) is 5.74. The van der Waals surface area contributed by atoms with Crippen LogP contribution in [0.5, 0.6) is 0 Å². The number of alkyl halides is 1. The van der Waals surface area contributed by atoms with Gasteiger partial charge in [0.25, 0.3) is 0 Å². The first-order valence-electron chi connectivity index (χ1n) is 2.78. The Morgan fingerprint density at radius 2 is 2.00 bits per heavy atom. The second-order valence-corrected chi connectivity index (χ2v) is 2.64. The maximum absolute atomic E-state index is 12.4. The third-order valence-corrected chi connectivity index (χ3v) is 1.55. The van der Waals surface area contributed by atoms with E-state index in [4.69, 9.17) is 0 Å². The van der Waals surface area contributed by atoms with E-state index < -0.39 is 6.17 Å². The number of hydrogen-bond acceptors (Lipinski definition) is 0. The Bertz CT molecular complexity index is 82.4. The summed E-state index contributed by atoms with van der Waals surface area (Å²) in [5, 5.41) is 0. The van der Waals surface area contributed by atoms with Crippen LogP contribution in [-0.2, 0) is 0 Å². The normalized spacial score (nSPS) is 15.5. The van der Waals surface area contributed by atoms with Crippen molar-refractivity contribution in [2.24, 2.45) is 5.41 Å². The van der Waals surface area contributed by atoms with Crippen LogP contribution in [0.15, 0.2) is 12.7 Å². The third kappa shape index (κ3) is 1.65. The Morgan fingerprint density at radius 3 is 2.00 bits per heavy atom. The molecule has 0 aromatic carbocycles. The highest BCUT2D eigenvalue weighted by atomic mass is 19.1. The average molecular weight is 116 g/mol. The quantitative estimate of drug-likeness (QED) is 0.486. The largest absolute Gasteiger partial charge is 0.247 e. The van der Waals surface area contributed by atoms with Crippen molar-refractivity contribution in [3.8, 4) is 0 Å². The minimum atomic E-state index is -0.806. The molecule has 0 rings (SSSR count). The van der Waals surface area contributed by atoms with Gasteiger partial charge in [0.1, 0.15) is 6.17 Å². The van der Waals surface area contributed by atoms with Gasteiger partial charge in [-0.3, -0.25) is 0 Å². The van der Waals surface area contributed by atoms with Crippen LogP contribution in [0.1, 0.15) is 20.8 Å². The molecule has 48 valence electrons. The van der Waals surface area contributed by atoms with Gasteiger partial charge in [0.15, 0.2) is 0 Å². The lowest BCUT2D eigenvalue weighted by atomic mass is 9.89. The molecule has 0 spiro atoms. The van der Waals surface area contributed by atoms with Crippen molar-refractivity contribution >= 4 is 0 Å². The number of hydrogen-bond donors (Lipinski definition) is 0. The second kappa shape index (κ2) is 2.29. The van der Waals surface area contributed by atoms with Crippen LogP contribution in [0, 0.1) is 5.41 Å². The summed E-state index contributed by atoms with van der Waals surface area (Å²) in [7, 11) is 0. The monoisotopic (exact) mass is 116 g/mol. The van der Waals surface area contributed by atoms with Crippen molar-refractivity contribution in [3.63, 3.8) is 0 Å². The van der Waals surface area contributed by atoms with E-state index in [0.717, 1.165) is 0 Å². The van der Waals surface area contributed by atoms with Crippen LogP contribution < -0.4 is 0 Å². The Morgan fingerprint density at radius 1 is 1.62 bits per heavy atom. The van der Waals surface area contributed by atoms with Crippen molar-refractivity contribution < 1.29 is 4.39 Å². The summed E-state index contributed by atoms with van der Waals surface area (Å²) in [5.41, 5.74) is -0.361. The van der Waals surface area contributed by atoms with Gasteiger partial charge in [-0.2, -0.15) is 0 Å². The highest BCUT2D eigenvalue weighted by Gasteiger charge is 2.20. The number of rotatable bonds is 2. The van der Waals surface area contributed by atoms with Crippen molar-refractivity contribution in [3.05, 3.63) is 12.7 Å². The summed E-state index contributed by atoms with van der Waals surface area (Å²) >= 11 is 0. The van der Waals surface area contributed by atoms with Crippen LogP contribution in [-0.4, -0.2) is 6.17 Å². The van der Waals surface area contributed by atoms with Gasteiger partial charge in [0.05, 0.1) is 0 Å². The van der Waals surface area contributed by atoms with Crippen LogP contribution in [0.25, 0.3) is 0 Å². The van der Waals surface area contributed by atoms with E-state index in [1.54, 1.807) is 13.0 Å². The summed E-state index contributed by atoms with van der Waals surface area (Å²) in [4.78, 5) is 0. The molecule has 0 aliphatic rings. The third-order valence-electron chi connectivity index (χ3n) is 1.55. The van der Waals surface area contributed by atoms with Gasteiger partial charge in [0.2, 0.25) is 0 Å². The van der Waals surface area contributed by atoms with Crippen LogP contribution >= 0.6 is 0 Å². The van der Waals surface area contributed by atoms with E-state index in [-0.39, 0.29) is 5.41 Å². The molecular formula is C7H13F. The molecule has 1 unspecified atom stereocenters. The molecule has 0 saturated heterocycles. The molecule has 0 bridgehead atoms. The molecule has 0 radical (unpaired) electrons. The fraction of sp³-hybridized carbons (Fsp3) is 0.714. The number of halogens is 1. The van der Waals surface area contributed by atoms with E-state index in [1.807, 2.05) is 13.8 Å². The average Bonchev–Trinajstić information content (AvgIpc) is 1.67. The molecule has 1 heteroatoms. The topological polar surface area (TPSA) is 0 Å². The Labute approximate surface area is 50.4 Å². The molecule has 8 heavy (non-hydrogen) atoms. The smallest absolute Gasteiger partial charge is 0.106 e. The maximum atomic E-state index is 12.4. The van der Waals surface area contributed by atoms with Crippen molar-refractivity contribution in [1.82, 2.24) is 0 Å². The fourth-order valence-corrected chi connectivity index (χ4v) is 0.162. The highest BCUT2D eigenvalue weighted by molar-refractivity contribution is 4.91. The first kappa shape index (κ1) is 7.67. The summed E-state index contributed by atoms with van der Waals surface area (Å²) in [6, 6.07) is 0. The molecule has 0 aliphatic carbocycles. The van der Waals surface area contributed by atoms with Gasteiger partial charge in [-0.05, 0) is 6.92 Å². The van der Waals surface area contributed by atoms with Gasteiger partial charge >= 0.3 is 0 Å². The summed E-state index contributed by atoms with van der Waals surface area (Å²) < 4.78 is 12.4. The molecule has 0 heterocycles. The molecule has 0 saturated carbocycles. The molecule has 0 fully saturated rings. The first-order valence-corrected chi connectivity index (χ1v) is 2.78. The van der Waals surface area contributed by atoms with E-state index in [1.165, 1.54) is 0 Å². The lowest BCUT2D eigenvalue weighted by Gasteiger charge is -2.20. The Kier molecular flexibility index (Phi) is 2.20. The van der Waals surface area contributed by atoms with Gasteiger partial charge in [-0.1, -0.05) is 19.9 Å². The summed E-state index contributed by atoms with van der Waals surface area (Å²) in [6.07, 6.45) is 0.831. The predicted molar refractivity (Wildman–Crippen MR) is 34.5 cm³/mol. The lowest BCUT2D eigenvalue weighted by Crippen LogP contribution is -2.18. The fourth-order valence-electron chi connectivity index (χ4n) is 0.162. The standard InChI is InChI=1S/C7H13F/c1-5-7(3,4)6(2)8/h5-6H,1H2,2-4H3. The maximum Gasteiger partial charge on any atom is 0.106 e. The molecular weight excluding hydrogens is 103 g/mol. The van der Waals surface area contributed by atoms with E-state index >= 15 is 0 Å². The first-order chi connectivity index (χ1) is 3.50. The number of allylic oxidation sites excluding steroid dienone is 1. The molecule has 1 atom stereocenters. The zero-order chi connectivity index (χ0) is 6.78. The molecule has 0 amide bonds. The van der Waals surface area contributed by atoms with Gasteiger partial charge in [-0.25, -0.2) is 4.39 Å². The molecule has 0 N–H and O–H groups in total. The summed E-state index contributed by atoms with van der Waals surface area (Å²) in [5.74, 6) is 0.